The van der Waals surface area contributed by atoms with E-state index in [0.717, 1.165) is 17.2 Å². The zero-order valence-corrected chi connectivity index (χ0v) is 10.8. The van der Waals surface area contributed by atoms with Gasteiger partial charge in [-0.15, -0.1) is 0 Å². The molecule has 0 fully saturated rings. The Labute approximate surface area is 106 Å². The van der Waals surface area contributed by atoms with E-state index in [1.807, 2.05) is 19.1 Å². The molecule has 0 saturated heterocycles. The number of rotatable bonds is 2. The molecule has 0 aliphatic rings. The number of nitrogens with one attached hydrogen (secondary N) is 1. The summed E-state index contributed by atoms with van der Waals surface area (Å²) in [5, 5.41) is 3.51. The van der Waals surface area contributed by atoms with E-state index in [9.17, 15) is 0 Å². The molecule has 1 aromatic heterocycles. The molecule has 0 aliphatic heterocycles. The first-order valence-corrected chi connectivity index (χ1v) is 5.78. The highest BCUT2D eigenvalue weighted by Gasteiger charge is 2.03. The molecule has 2 rings (SSSR count). The first-order valence-electron chi connectivity index (χ1n) is 5.40. The van der Waals surface area contributed by atoms with Crippen LogP contribution in [0.25, 0.3) is 0 Å². The van der Waals surface area contributed by atoms with Crippen molar-refractivity contribution < 1.29 is 0 Å². The summed E-state index contributed by atoms with van der Waals surface area (Å²) in [6, 6.07) is 8.09. The molecule has 0 unspecified atom stereocenters. The molecule has 0 radical (unpaired) electrons. The molecule has 1 heterocycles. The van der Waals surface area contributed by atoms with Crippen molar-refractivity contribution in [3.63, 3.8) is 0 Å². The summed E-state index contributed by atoms with van der Waals surface area (Å²) in [4.78, 5) is 8.16. The Bertz CT molecular complexity index is 532. The first kappa shape index (κ1) is 11.9. The van der Waals surface area contributed by atoms with Crippen molar-refractivity contribution in [2.45, 2.75) is 20.8 Å². The largest absolute Gasteiger partial charge is 0.340 e. The molecule has 0 aliphatic carbocycles. The fourth-order valence-electron chi connectivity index (χ4n) is 1.69. The molecule has 88 valence electrons. The summed E-state index contributed by atoms with van der Waals surface area (Å²) < 4.78 is 0. The Morgan fingerprint density at radius 3 is 2.47 bits per heavy atom. The second kappa shape index (κ2) is 4.72. The summed E-state index contributed by atoms with van der Waals surface area (Å²) in [5.41, 5.74) is 4.30. The highest BCUT2D eigenvalue weighted by Crippen LogP contribution is 2.21. The van der Waals surface area contributed by atoms with Gasteiger partial charge in [0.15, 0.2) is 0 Å². The van der Waals surface area contributed by atoms with Crippen LogP contribution in [0.4, 0.5) is 11.5 Å². The van der Waals surface area contributed by atoms with Gasteiger partial charge in [-0.3, -0.25) is 0 Å². The van der Waals surface area contributed by atoms with Crippen LogP contribution in [0.1, 0.15) is 16.8 Å². The number of nitrogens with zero attached hydrogens (tertiary/aromatic N) is 2. The van der Waals surface area contributed by atoms with E-state index < -0.39 is 0 Å². The molecule has 0 atom stereocenters. The smallest absolute Gasteiger partial charge is 0.224 e. The number of aryl methyl sites for hydroxylation is 3. The van der Waals surface area contributed by atoms with Crippen LogP contribution in [0.5, 0.6) is 0 Å². The Morgan fingerprint density at radius 1 is 1.06 bits per heavy atom. The average Bonchev–Trinajstić information content (AvgIpc) is 2.21. The third-order valence-electron chi connectivity index (χ3n) is 2.47. The molecule has 1 aromatic carbocycles. The lowest BCUT2D eigenvalue weighted by molar-refractivity contribution is 1.10. The minimum atomic E-state index is 0.261. The monoisotopic (exact) mass is 247 g/mol. The van der Waals surface area contributed by atoms with Gasteiger partial charge in [0, 0.05) is 17.4 Å². The number of anilines is 2. The maximum absolute atomic E-state index is 5.82. The van der Waals surface area contributed by atoms with Crippen molar-refractivity contribution in [3.8, 4) is 0 Å². The standard InChI is InChI=1S/C13H14ClN3/c1-8-4-5-11(9(2)6-8)16-12-7-10(3)15-13(14)17-12/h4-7H,1-3H3,(H,15,16,17). The van der Waals surface area contributed by atoms with Crippen molar-refractivity contribution in [2.24, 2.45) is 0 Å². The van der Waals surface area contributed by atoms with E-state index in [1.54, 1.807) is 0 Å². The van der Waals surface area contributed by atoms with Gasteiger partial charge in [-0.25, -0.2) is 9.97 Å². The second-order valence-electron chi connectivity index (χ2n) is 4.11. The Kier molecular flexibility index (Phi) is 3.29. The predicted molar refractivity (Wildman–Crippen MR) is 71.0 cm³/mol. The van der Waals surface area contributed by atoms with E-state index in [-0.39, 0.29) is 5.28 Å². The van der Waals surface area contributed by atoms with Gasteiger partial charge in [-0.05, 0) is 44.0 Å². The van der Waals surface area contributed by atoms with Gasteiger partial charge in [0.05, 0.1) is 0 Å². The van der Waals surface area contributed by atoms with E-state index in [0.29, 0.717) is 0 Å². The fraction of sp³-hybridized carbons (Fsp3) is 0.231. The fourth-order valence-corrected chi connectivity index (χ4v) is 1.91. The number of aromatic nitrogens is 2. The van der Waals surface area contributed by atoms with Crippen LogP contribution in [0, 0.1) is 20.8 Å². The molecule has 0 amide bonds. The van der Waals surface area contributed by atoms with Gasteiger partial charge in [0.25, 0.3) is 0 Å². The van der Waals surface area contributed by atoms with Crippen LogP contribution in [0.15, 0.2) is 24.3 Å². The number of hydrogen-bond acceptors (Lipinski definition) is 3. The van der Waals surface area contributed by atoms with Gasteiger partial charge in [0.2, 0.25) is 5.28 Å². The molecule has 2 aromatic rings. The van der Waals surface area contributed by atoms with Crippen LogP contribution in [0.3, 0.4) is 0 Å². The minimum absolute atomic E-state index is 0.261. The Morgan fingerprint density at radius 2 is 1.82 bits per heavy atom. The SMILES string of the molecule is Cc1ccc(Nc2cc(C)nc(Cl)n2)c(C)c1. The van der Waals surface area contributed by atoms with E-state index in [1.165, 1.54) is 11.1 Å². The molecule has 4 heteroatoms. The van der Waals surface area contributed by atoms with Crippen LogP contribution in [-0.4, -0.2) is 9.97 Å². The summed E-state index contributed by atoms with van der Waals surface area (Å²) in [6.07, 6.45) is 0. The van der Waals surface area contributed by atoms with Crippen LogP contribution < -0.4 is 5.32 Å². The predicted octanol–water partition coefficient (Wildman–Crippen LogP) is 3.80. The minimum Gasteiger partial charge on any atom is -0.340 e. The molecule has 0 spiro atoms. The van der Waals surface area contributed by atoms with Gasteiger partial charge in [-0.2, -0.15) is 0 Å². The third-order valence-corrected chi connectivity index (χ3v) is 2.64. The molecule has 0 saturated carbocycles. The number of halogens is 1. The molecular weight excluding hydrogens is 234 g/mol. The van der Waals surface area contributed by atoms with Crippen LogP contribution in [-0.2, 0) is 0 Å². The topological polar surface area (TPSA) is 37.8 Å². The molecule has 0 bridgehead atoms. The lowest BCUT2D eigenvalue weighted by Gasteiger charge is -2.10. The summed E-state index contributed by atoms with van der Waals surface area (Å²) in [5.74, 6) is 0.717. The maximum Gasteiger partial charge on any atom is 0.224 e. The maximum atomic E-state index is 5.82. The van der Waals surface area contributed by atoms with Crippen LogP contribution in [0.2, 0.25) is 5.28 Å². The van der Waals surface area contributed by atoms with Gasteiger partial charge < -0.3 is 5.32 Å². The lowest BCUT2D eigenvalue weighted by Crippen LogP contribution is -1.98. The number of benzene rings is 1. The normalized spacial score (nSPS) is 10.4. The van der Waals surface area contributed by atoms with Crippen molar-refractivity contribution >= 4 is 23.1 Å². The first-order chi connectivity index (χ1) is 8.04. The quantitative estimate of drug-likeness (QED) is 0.821. The highest BCUT2D eigenvalue weighted by atomic mass is 35.5. The van der Waals surface area contributed by atoms with Crippen molar-refractivity contribution in [1.82, 2.24) is 9.97 Å². The van der Waals surface area contributed by atoms with E-state index in [2.05, 4.69) is 41.3 Å². The Hall–Kier alpha value is -1.61. The third kappa shape index (κ3) is 2.94. The van der Waals surface area contributed by atoms with Gasteiger partial charge in [0.1, 0.15) is 5.82 Å². The van der Waals surface area contributed by atoms with E-state index >= 15 is 0 Å². The molecule has 1 N–H and O–H groups in total. The zero-order chi connectivity index (χ0) is 12.4. The van der Waals surface area contributed by atoms with Crippen molar-refractivity contribution in [2.75, 3.05) is 5.32 Å². The van der Waals surface area contributed by atoms with Gasteiger partial charge in [-0.1, -0.05) is 17.7 Å². The molecular formula is C13H14ClN3. The average molecular weight is 248 g/mol. The van der Waals surface area contributed by atoms with Crippen molar-refractivity contribution in [3.05, 3.63) is 46.4 Å². The molecule has 17 heavy (non-hydrogen) atoms. The summed E-state index contributed by atoms with van der Waals surface area (Å²) >= 11 is 5.82. The Balaban J connectivity index is 2.31. The second-order valence-corrected chi connectivity index (χ2v) is 4.45. The molecule has 3 nitrogen and oxygen atoms in total. The van der Waals surface area contributed by atoms with Gasteiger partial charge >= 0.3 is 0 Å². The number of hydrogen-bond donors (Lipinski definition) is 1. The summed E-state index contributed by atoms with van der Waals surface area (Å²) in [7, 11) is 0. The van der Waals surface area contributed by atoms with E-state index in [4.69, 9.17) is 11.6 Å². The lowest BCUT2D eigenvalue weighted by atomic mass is 10.1. The zero-order valence-electron chi connectivity index (χ0n) is 10.1. The van der Waals surface area contributed by atoms with Crippen LogP contribution >= 0.6 is 11.6 Å². The highest BCUT2D eigenvalue weighted by molar-refractivity contribution is 6.28. The van der Waals surface area contributed by atoms with Crippen molar-refractivity contribution in [1.29, 1.82) is 0 Å². The summed E-state index contributed by atoms with van der Waals surface area (Å²) in [6.45, 7) is 6.02.